The number of rotatable bonds is 6. The van der Waals surface area contributed by atoms with Gasteiger partial charge < -0.3 is 13.8 Å². The van der Waals surface area contributed by atoms with Crippen molar-refractivity contribution in [1.29, 1.82) is 0 Å². The van der Waals surface area contributed by atoms with Gasteiger partial charge in [0.05, 0.1) is 7.11 Å². The van der Waals surface area contributed by atoms with Crippen molar-refractivity contribution in [3.8, 4) is 5.75 Å². The van der Waals surface area contributed by atoms with Crippen molar-refractivity contribution in [3.63, 3.8) is 0 Å². The zero-order chi connectivity index (χ0) is 14.6. The van der Waals surface area contributed by atoms with Gasteiger partial charge in [0.15, 0.2) is 5.78 Å². The first-order valence-electron chi connectivity index (χ1n) is 5.76. The molecule has 1 aromatic carbocycles. The fourth-order valence-corrected chi connectivity index (χ4v) is 2.85. The maximum Gasteiger partial charge on any atom is 0.337 e. The van der Waals surface area contributed by atoms with E-state index >= 15 is 0 Å². The Hall–Kier alpha value is -1.16. The van der Waals surface area contributed by atoms with Crippen molar-refractivity contribution < 1.29 is 23.1 Å². The lowest BCUT2D eigenvalue weighted by atomic mass is 10.0. The lowest BCUT2D eigenvalue weighted by Crippen LogP contribution is -2.09. The van der Waals surface area contributed by atoms with Crippen LogP contribution >= 0.6 is 7.60 Å². The molecule has 0 fully saturated rings. The second-order valence-corrected chi connectivity index (χ2v) is 6.47. The molecule has 0 atom stereocenters. The van der Waals surface area contributed by atoms with E-state index in [2.05, 4.69) is 0 Å². The Bertz CT molecular complexity index is 493. The highest BCUT2D eigenvalue weighted by atomic mass is 31.2. The summed E-state index contributed by atoms with van der Waals surface area (Å²) in [6.45, 7) is 3.71. The summed E-state index contributed by atoms with van der Waals surface area (Å²) in [4.78, 5) is 12.1. The molecule has 0 N–H and O–H groups in total. The van der Waals surface area contributed by atoms with Crippen LogP contribution in [0.2, 0.25) is 0 Å². The maximum absolute atomic E-state index is 12.1. The van der Waals surface area contributed by atoms with Gasteiger partial charge in [-0.05, 0) is 37.1 Å². The average Bonchev–Trinajstić information content (AvgIpc) is 2.38. The van der Waals surface area contributed by atoms with Crippen molar-refractivity contribution in [2.75, 3.05) is 27.5 Å². The van der Waals surface area contributed by atoms with E-state index in [4.69, 9.17) is 13.8 Å². The smallest absolute Gasteiger partial charge is 0.337 e. The Morgan fingerprint density at radius 3 is 1.95 bits per heavy atom. The van der Waals surface area contributed by atoms with Crippen molar-refractivity contribution >= 4 is 13.4 Å². The summed E-state index contributed by atoms with van der Waals surface area (Å²) < 4.78 is 26.7. The Kier molecular flexibility index (Phi) is 5.29. The van der Waals surface area contributed by atoms with Gasteiger partial charge in [0, 0.05) is 19.8 Å². The first kappa shape index (κ1) is 15.9. The van der Waals surface area contributed by atoms with Gasteiger partial charge in [-0.2, -0.15) is 0 Å². The van der Waals surface area contributed by atoms with Gasteiger partial charge in [-0.3, -0.25) is 9.36 Å². The van der Waals surface area contributed by atoms with Crippen molar-refractivity contribution in [1.82, 2.24) is 0 Å². The third-order valence-corrected chi connectivity index (χ3v) is 4.67. The minimum Gasteiger partial charge on any atom is -0.496 e. The highest BCUT2D eigenvalue weighted by Gasteiger charge is 2.26. The number of carbonyl (C=O) groups excluding carboxylic acids is 1. The molecule has 106 valence electrons. The summed E-state index contributed by atoms with van der Waals surface area (Å²) in [7, 11) is 0.784. The van der Waals surface area contributed by atoms with Gasteiger partial charge in [0.2, 0.25) is 0 Å². The van der Waals surface area contributed by atoms with E-state index in [1.54, 1.807) is 19.2 Å². The highest BCUT2D eigenvalue weighted by Crippen LogP contribution is 2.46. The molecule has 0 amide bonds. The normalized spacial score (nSPS) is 11.4. The summed E-state index contributed by atoms with van der Waals surface area (Å²) >= 11 is 0. The third kappa shape index (κ3) is 3.66. The van der Waals surface area contributed by atoms with E-state index in [0.717, 1.165) is 16.9 Å². The summed E-state index contributed by atoms with van der Waals surface area (Å²) in [6, 6.07) is 3.42. The molecule has 0 bridgehead atoms. The third-order valence-electron chi connectivity index (χ3n) is 2.88. The highest BCUT2D eigenvalue weighted by molar-refractivity contribution is 7.54. The molecule has 0 spiro atoms. The second-order valence-electron chi connectivity index (χ2n) is 4.20. The number of Topliss-reactive ketones (excluding diaryl/α,β-unsaturated/α-hetero) is 1. The number of aryl methyl sites for hydroxylation is 2. The molecular formula is C13H19O5P. The maximum atomic E-state index is 12.1. The molecule has 1 aromatic rings. The number of carbonyl (C=O) groups is 1. The average molecular weight is 286 g/mol. The zero-order valence-electron chi connectivity index (χ0n) is 11.9. The van der Waals surface area contributed by atoms with Crippen molar-refractivity contribution in [2.24, 2.45) is 0 Å². The monoisotopic (exact) mass is 286 g/mol. The van der Waals surface area contributed by atoms with Crippen LogP contribution in [0, 0.1) is 13.8 Å². The molecular weight excluding hydrogens is 267 g/mol. The Labute approximate surface area is 113 Å². The van der Waals surface area contributed by atoms with Gasteiger partial charge >= 0.3 is 7.60 Å². The molecule has 0 aromatic heterocycles. The number of hydrogen-bond acceptors (Lipinski definition) is 5. The van der Waals surface area contributed by atoms with Gasteiger partial charge in [0.25, 0.3) is 0 Å². The number of benzene rings is 1. The molecule has 0 aliphatic heterocycles. The number of ether oxygens (including phenoxy) is 1. The Morgan fingerprint density at radius 1 is 1.11 bits per heavy atom. The minimum atomic E-state index is -3.33. The van der Waals surface area contributed by atoms with Crippen molar-refractivity contribution in [3.05, 3.63) is 28.8 Å². The Balaban J connectivity index is 3.05. The molecule has 0 saturated carbocycles. The summed E-state index contributed by atoms with van der Waals surface area (Å²) in [5.41, 5.74) is 2.19. The molecule has 0 saturated heterocycles. The summed E-state index contributed by atoms with van der Waals surface area (Å²) in [6.07, 6.45) is -0.273. The van der Waals surface area contributed by atoms with E-state index < -0.39 is 7.60 Å². The number of hydrogen-bond donors (Lipinski definition) is 0. The molecule has 5 nitrogen and oxygen atoms in total. The quantitative estimate of drug-likeness (QED) is 0.594. The molecule has 19 heavy (non-hydrogen) atoms. The summed E-state index contributed by atoms with van der Waals surface area (Å²) in [5, 5.41) is 0. The number of ketones is 1. The summed E-state index contributed by atoms with van der Waals surface area (Å²) in [5.74, 6) is 0.471. The molecule has 6 heteroatoms. The molecule has 0 aliphatic carbocycles. The first-order valence-corrected chi connectivity index (χ1v) is 7.48. The minimum absolute atomic E-state index is 0.273. The molecule has 0 heterocycles. The standard InChI is InChI=1S/C13H19O5P/c1-9-6-11(7-10(2)13(9)16-3)12(14)8-19(15,17-4)18-5/h6-7H,8H2,1-5H3. The van der Waals surface area contributed by atoms with Crippen LogP contribution in [0.1, 0.15) is 21.5 Å². The van der Waals surface area contributed by atoms with E-state index in [1.165, 1.54) is 14.2 Å². The Morgan fingerprint density at radius 2 is 1.58 bits per heavy atom. The van der Waals surface area contributed by atoms with Crippen LogP contribution in [-0.4, -0.2) is 33.3 Å². The van der Waals surface area contributed by atoms with E-state index in [9.17, 15) is 9.36 Å². The predicted molar refractivity (Wildman–Crippen MR) is 73.3 cm³/mol. The van der Waals surface area contributed by atoms with Crippen LogP contribution in [-0.2, 0) is 13.6 Å². The number of methoxy groups -OCH3 is 1. The van der Waals surface area contributed by atoms with E-state index in [-0.39, 0.29) is 11.9 Å². The van der Waals surface area contributed by atoms with Crippen LogP contribution < -0.4 is 4.74 Å². The van der Waals surface area contributed by atoms with Crippen LogP contribution in [0.3, 0.4) is 0 Å². The molecule has 0 radical (unpaired) electrons. The van der Waals surface area contributed by atoms with Gasteiger partial charge in [-0.15, -0.1) is 0 Å². The SMILES string of the molecule is COc1c(C)cc(C(=O)CP(=O)(OC)OC)cc1C. The topological polar surface area (TPSA) is 61.8 Å². The molecule has 0 aliphatic rings. The van der Waals surface area contributed by atoms with Gasteiger partial charge in [-0.1, -0.05) is 0 Å². The second kappa shape index (κ2) is 6.33. The fraction of sp³-hybridized carbons (Fsp3) is 0.462. The first-order chi connectivity index (χ1) is 8.86. The lowest BCUT2D eigenvalue weighted by Gasteiger charge is -2.14. The molecule has 1 rings (SSSR count). The van der Waals surface area contributed by atoms with E-state index in [0.29, 0.717) is 5.56 Å². The van der Waals surface area contributed by atoms with Crippen molar-refractivity contribution in [2.45, 2.75) is 13.8 Å². The largest absolute Gasteiger partial charge is 0.496 e. The molecule has 0 unspecified atom stereocenters. The van der Waals surface area contributed by atoms with Gasteiger partial charge in [-0.25, -0.2) is 0 Å². The lowest BCUT2D eigenvalue weighted by molar-refractivity contribution is 0.101. The van der Waals surface area contributed by atoms with Crippen LogP contribution in [0.25, 0.3) is 0 Å². The van der Waals surface area contributed by atoms with Crippen LogP contribution in [0.5, 0.6) is 5.75 Å². The predicted octanol–water partition coefficient (Wildman–Crippen LogP) is 2.98. The van der Waals surface area contributed by atoms with E-state index in [1.807, 2.05) is 13.8 Å². The van der Waals surface area contributed by atoms with Crippen LogP contribution in [0.15, 0.2) is 12.1 Å². The van der Waals surface area contributed by atoms with Crippen LogP contribution in [0.4, 0.5) is 0 Å². The zero-order valence-corrected chi connectivity index (χ0v) is 12.7. The van der Waals surface area contributed by atoms with Gasteiger partial charge in [0.1, 0.15) is 11.9 Å². The fourth-order valence-electron chi connectivity index (χ4n) is 1.90.